The molecule has 0 saturated carbocycles. The Balaban J connectivity index is 2.32. The molecule has 0 N–H and O–H groups in total. The molecule has 0 fully saturated rings. The molecule has 3 rings (SSSR count). The summed E-state index contributed by atoms with van der Waals surface area (Å²) >= 11 is 0. The van der Waals surface area contributed by atoms with Crippen molar-refractivity contribution in [2.45, 2.75) is 16.7 Å². The summed E-state index contributed by atoms with van der Waals surface area (Å²) in [4.78, 5) is 3.55. The normalized spacial score (nSPS) is 13.3. The van der Waals surface area contributed by atoms with E-state index in [1.54, 1.807) is 6.92 Å². The van der Waals surface area contributed by atoms with E-state index >= 15 is 0 Å². The van der Waals surface area contributed by atoms with Crippen molar-refractivity contribution in [2.24, 2.45) is 0 Å². The third kappa shape index (κ3) is 1.54. The second kappa shape index (κ2) is 4.32. The first-order valence-electron chi connectivity index (χ1n) is 5.65. The van der Waals surface area contributed by atoms with Crippen molar-refractivity contribution < 1.29 is 4.21 Å². The monoisotopic (exact) mass is 253 g/mol. The molecule has 1 heterocycles. The highest BCUT2D eigenvalue weighted by atomic mass is 32.2. The van der Waals surface area contributed by atoms with Crippen LogP contribution in [-0.2, 0) is 10.8 Å². The molecule has 0 radical (unpaired) electrons. The molecule has 2 nitrogen and oxygen atoms in total. The van der Waals surface area contributed by atoms with Gasteiger partial charge in [0.25, 0.3) is 0 Å². The van der Waals surface area contributed by atoms with Crippen molar-refractivity contribution in [3.63, 3.8) is 0 Å². The average Bonchev–Trinajstić information content (AvgIpc) is 2.43. The predicted octanol–water partition coefficient (Wildman–Crippen LogP) is 3.29. The quantitative estimate of drug-likeness (QED) is 0.671. The number of fused-ring (bicyclic) bond motifs is 2. The molecule has 88 valence electrons. The van der Waals surface area contributed by atoms with Crippen LogP contribution in [0.15, 0.2) is 58.3 Å². The lowest BCUT2D eigenvalue weighted by atomic mass is 10.2. The van der Waals surface area contributed by atoms with E-state index < -0.39 is 10.8 Å². The number of nitrogens with zero attached hydrogens (tertiary/aromatic N) is 1. The van der Waals surface area contributed by atoms with Crippen molar-refractivity contribution in [3.05, 3.63) is 48.5 Å². The largest absolute Gasteiger partial charge is 0.267 e. The maximum atomic E-state index is 12.5. The summed E-state index contributed by atoms with van der Waals surface area (Å²) in [7, 11) is -1.12. The van der Waals surface area contributed by atoms with E-state index in [1.165, 1.54) is 0 Å². The second-order valence-electron chi connectivity index (χ2n) is 3.90. The Morgan fingerprint density at radius 1 is 0.944 bits per heavy atom. The molecule has 0 aliphatic carbocycles. The second-order valence-corrected chi connectivity index (χ2v) is 5.32. The van der Waals surface area contributed by atoms with Crippen molar-refractivity contribution in [3.8, 4) is 12.0 Å². The average molecular weight is 253 g/mol. The Morgan fingerprint density at radius 3 is 1.94 bits per heavy atom. The van der Waals surface area contributed by atoms with Crippen LogP contribution >= 0.6 is 0 Å². The van der Waals surface area contributed by atoms with Crippen molar-refractivity contribution in [1.82, 2.24) is 0 Å². The van der Waals surface area contributed by atoms with Crippen molar-refractivity contribution in [1.29, 1.82) is 0 Å². The van der Waals surface area contributed by atoms with Gasteiger partial charge in [0, 0.05) is 6.04 Å². The molecule has 0 saturated heterocycles. The number of hydrogen-bond donors (Lipinski definition) is 0. The zero-order chi connectivity index (χ0) is 12.5. The van der Waals surface area contributed by atoms with E-state index in [9.17, 15) is 4.21 Å². The first kappa shape index (κ1) is 11.1. The molecule has 2 aromatic carbocycles. The molecule has 3 heteroatoms. The van der Waals surface area contributed by atoms with E-state index in [1.807, 2.05) is 53.4 Å². The van der Waals surface area contributed by atoms with Gasteiger partial charge in [-0.25, -0.2) is 4.21 Å². The Morgan fingerprint density at radius 2 is 1.44 bits per heavy atom. The lowest BCUT2D eigenvalue weighted by Gasteiger charge is -2.27. The van der Waals surface area contributed by atoms with Gasteiger partial charge >= 0.3 is 0 Å². The Labute approximate surface area is 109 Å². The molecular weight excluding hydrogens is 242 g/mol. The van der Waals surface area contributed by atoms with Crippen LogP contribution in [0.1, 0.15) is 6.92 Å². The Bertz CT molecular complexity index is 647. The summed E-state index contributed by atoms with van der Waals surface area (Å²) in [5.41, 5.74) is 1.81. The molecular formula is C15H11NOS. The van der Waals surface area contributed by atoms with Crippen LogP contribution in [0, 0.1) is 12.0 Å². The third-order valence-electron chi connectivity index (χ3n) is 2.84. The fourth-order valence-electron chi connectivity index (χ4n) is 2.08. The van der Waals surface area contributed by atoms with Gasteiger partial charge in [0.05, 0.1) is 32.0 Å². The molecule has 0 aromatic heterocycles. The fourth-order valence-corrected chi connectivity index (χ4v) is 3.42. The fraction of sp³-hybridized carbons (Fsp3) is 0.0667. The maximum Gasteiger partial charge on any atom is 0.0892 e. The van der Waals surface area contributed by atoms with Crippen LogP contribution in [0.25, 0.3) is 0 Å². The van der Waals surface area contributed by atoms with Crippen molar-refractivity contribution in [2.75, 3.05) is 4.90 Å². The van der Waals surface area contributed by atoms with Crippen LogP contribution in [-0.4, -0.2) is 4.21 Å². The van der Waals surface area contributed by atoms with Gasteiger partial charge < -0.3 is 0 Å². The molecule has 18 heavy (non-hydrogen) atoms. The smallest absolute Gasteiger partial charge is 0.0892 e. The SMILES string of the molecule is CC#CN1c2ccccc2S(=O)c2ccccc21. The number of benzene rings is 2. The highest BCUT2D eigenvalue weighted by Gasteiger charge is 2.26. The summed E-state index contributed by atoms with van der Waals surface area (Å²) in [5, 5.41) is 0. The minimum atomic E-state index is -1.12. The van der Waals surface area contributed by atoms with Crippen LogP contribution in [0.3, 0.4) is 0 Å². The Kier molecular flexibility index (Phi) is 2.66. The summed E-state index contributed by atoms with van der Waals surface area (Å²) < 4.78 is 12.5. The molecule has 1 aliphatic rings. The predicted molar refractivity (Wildman–Crippen MR) is 73.1 cm³/mol. The standard InChI is InChI=1S/C15H11NOS/c1-2-11-16-12-7-3-5-9-14(12)18(17)15-10-6-4-8-13(15)16/h3-10H,1H3. The van der Waals surface area contributed by atoms with E-state index in [-0.39, 0.29) is 0 Å². The molecule has 2 aromatic rings. The maximum absolute atomic E-state index is 12.5. The molecule has 0 spiro atoms. The van der Waals surface area contributed by atoms with Gasteiger partial charge in [-0.05, 0) is 31.2 Å². The summed E-state index contributed by atoms with van der Waals surface area (Å²) in [5.74, 6) is 2.91. The summed E-state index contributed by atoms with van der Waals surface area (Å²) in [6.07, 6.45) is 0. The topological polar surface area (TPSA) is 20.3 Å². The van der Waals surface area contributed by atoms with E-state index in [4.69, 9.17) is 0 Å². The zero-order valence-electron chi connectivity index (χ0n) is 9.88. The highest BCUT2D eigenvalue weighted by Crippen LogP contribution is 2.40. The van der Waals surface area contributed by atoms with Gasteiger partial charge in [0.15, 0.2) is 0 Å². The van der Waals surface area contributed by atoms with Crippen LogP contribution in [0.2, 0.25) is 0 Å². The lowest BCUT2D eigenvalue weighted by Crippen LogP contribution is -2.18. The van der Waals surface area contributed by atoms with Gasteiger partial charge in [-0.1, -0.05) is 30.2 Å². The van der Waals surface area contributed by atoms with Gasteiger partial charge in [0.1, 0.15) is 0 Å². The number of rotatable bonds is 0. The molecule has 0 bridgehead atoms. The van der Waals surface area contributed by atoms with Crippen molar-refractivity contribution >= 4 is 22.2 Å². The van der Waals surface area contributed by atoms with Gasteiger partial charge in [-0.2, -0.15) is 0 Å². The van der Waals surface area contributed by atoms with Gasteiger partial charge in [0.2, 0.25) is 0 Å². The van der Waals surface area contributed by atoms with Crippen LogP contribution in [0.4, 0.5) is 11.4 Å². The number of hydrogen-bond acceptors (Lipinski definition) is 2. The molecule has 1 aliphatic heterocycles. The number of anilines is 2. The molecule has 0 amide bonds. The minimum Gasteiger partial charge on any atom is -0.267 e. The first-order chi connectivity index (χ1) is 8.83. The Hall–Kier alpha value is -2.05. The van der Waals surface area contributed by atoms with Gasteiger partial charge in [-0.15, -0.1) is 0 Å². The number of para-hydroxylation sites is 2. The van der Waals surface area contributed by atoms with E-state index in [2.05, 4.69) is 12.0 Å². The summed E-state index contributed by atoms with van der Waals surface area (Å²) in [6, 6.07) is 18.4. The highest BCUT2D eigenvalue weighted by molar-refractivity contribution is 7.85. The van der Waals surface area contributed by atoms with E-state index in [0.717, 1.165) is 21.2 Å². The van der Waals surface area contributed by atoms with E-state index in [0.29, 0.717) is 0 Å². The summed E-state index contributed by atoms with van der Waals surface area (Å²) in [6.45, 7) is 1.80. The lowest BCUT2D eigenvalue weighted by molar-refractivity contribution is 0.682. The minimum absolute atomic E-state index is 0.818. The zero-order valence-corrected chi connectivity index (χ0v) is 10.7. The van der Waals surface area contributed by atoms with Crippen LogP contribution in [0.5, 0.6) is 0 Å². The first-order valence-corrected chi connectivity index (χ1v) is 6.80. The third-order valence-corrected chi connectivity index (χ3v) is 4.32. The molecule has 0 atom stereocenters. The molecule has 0 unspecified atom stereocenters. The van der Waals surface area contributed by atoms with Crippen LogP contribution < -0.4 is 4.90 Å². The van der Waals surface area contributed by atoms with Gasteiger partial charge in [-0.3, -0.25) is 4.90 Å².